The molecule has 0 saturated carbocycles. The summed E-state index contributed by atoms with van der Waals surface area (Å²) < 4.78 is 16.3. The van der Waals surface area contributed by atoms with Crippen molar-refractivity contribution in [2.24, 2.45) is 5.92 Å². The molecule has 2 atom stereocenters. The van der Waals surface area contributed by atoms with Gasteiger partial charge in [-0.05, 0) is 55.5 Å². The Balaban J connectivity index is 1.29. The number of aryl methyl sites for hydroxylation is 1. The lowest BCUT2D eigenvalue weighted by Gasteiger charge is -2.23. The first-order chi connectivity index (χ1) is 15.6. The number of halogens is 1. The lowest BCUT2D eigenvalue weighted by atomic mass is 9.40. The van der Waals surface area contributed by atoms with Crippen molar-refractivity contribution in [1.29, 1.82) is 0 Å². The van der Waals surface area contributed by atoms with Crippen LogP contribution in [-0.2, 0) is 6.42 Å². The summed E-state index contributed by atoms with van der Waals surface area (Å²) in [5.41, 5.74) is 3.10. The predicted octanol–water partition coefficient (Wildman–Crippen LogP) is 5.12. The van der Waals surface area contributed by atoms with E-state index >= 15 is 0 Å². The topological polar surface area (TPSA) is 45.5 Å². The predicted molar refractivity (Wildman–Crippen MR) is 130 cm³/mol. The van der Waals surface area contributed by atoms with Gasteiger partial charge in [0.15, 0.2) is 5.65 Å². The van der Waals surface area contributed by atoms with Gasteiger partial charge in [-0.3, -0.25) is 0 Å². The minimum Gasteiger partial charge on any atom is -0.371 e. The minimum atomic E-state index is -0.235. The van der Waals surface area contributed by atoms with E-state index in [1.165, 1.54) is 44.9 Å². The Labute approximate surface area is 190 Å². The molecule has 0 radical (unpaired) electrons. The molecule has 2 saturated heterocycles. The zero-order valence-electron chi connectivity index (χ0n) is 19.2. The molecule has 2 aliphatic rings. The van der Waals surface area contributed by atoms with Gasteiger partial charge in [-0.15, -0.1) is 0 Å². The number of hydrogen-bond donors (Lipinski definition) is 1. The second-order valence-electron chi connectivity index (χ2n) is 9.76. The Morgan fingerprint density at radius 3 is 3.00 bits per heavy atom. The summed E-state index contributed by atoms with van der Waals surface area (Å²) in [5, 5.41) is 7.92. The highest BCUT2D eigenvalue weighted by atomic mass is 19.1. The zero-order chi connectivity index (χ0) is 22.1. The number of hydrogen-bond acceptors (Lipinski definition) is 4. The van der Waals surface area contributed by atoms with E-state index in [2.05, 4.69) is 29.2 Å². The van der Waals surface area contributed by atoms with E-state index in [1.807, 2.05) is 24.4 Å². The fourth-order valence-electron chi connectivity index (χ4n) is 5.72. The van der Waals surface area contributed by atoms with Crippen molar-refractivity contribution in [3.05, 3.63) is 48.0 Å². The molecule has 0 amide bonds. The Morgan fingerprint density at radius 2 is 2.12 bits per heavy atom. The van der Waals surface area contributed by atoms with Gasteiger partial charge in [0.25, 0.3) is 0 Å². The lowest BCUT2D eigenvalue weighted by molar-refractivity contribution is 0.247. The van der Waals surface area contributed by atoms with Crippen molar-refractivity contribution in [2.45, 2.75) is 58.1 Å². The molecule has 168 valence electrons. The maximum atomic E-state index is 14.6. The molecule has 0 spiro atoms. The highest BCUT2D eigenvalue weighted by Crippen LogP contribution is 2.31. The fourth-order valence-corrected chi connectivity index (χ4v) is 5.72. The molecule has 2 fully saturated rings. The van der Waals surface area contributed by atoms with E-state index in [-0.39, 0.29) is 5.82 Å². The van der Waals surface area contributed by atoms with Crippen molar-refractivity contribution in [3.63, 3.8) is 0 Å². The first kappa shape index (κ1) is 21.4. The second kappa shape index (κ2) is 9.22. The smallest absolute Gasteiger partial charge is 0.165 e. The SMILES string of the molecule is CCc1ccc(F)c(-c2cnn3ccc(NCCB4CC(C)CN5CCCC5C4)nc23)c1. The second-order valence-corrected chi connectivity index (χ2v) is 9.76. The van der Waals surface area contributed by atoms with E-state index in [4.69, 9.17) is 4.98 Å². The van der Waals surface area contributed by atoms with E-state index < -0.39 is 0 Å². The number of aromatic nitrogens is 3. The number of fused-ring (bicyclic) bond motifs is 2. The number of anilines is 1. The molecule has 5 rings (SSSR count). The van der Waals surface area contributed by atoms with E-state index in [9.17, 15) is 4.39 Å². The molecule has 1 aromatic carbocycles. The fraction of sp³-hybridized carbons (Fsp3) is 0.520. The van der Waals surface area contributed by atoms with Crippen LogP contribution in [0.2, 0.25) is 19.0 Å². The minimum absolute atomic E-state index is 0.235. The molecule has 5 nitrogen and oxygen atoms in total. The Kier molecular flexibility index (Phi) is 6.18. The van der Waals surface area contributed by atoms with Crippen LogP contribution >= 0.6 is 0 Å². The average Bonchev–Trinajstić information content (AvgIpc) is 3.37. The third-order valence-corrected chi connectivity index (χ3v) is 7.34. The van der Waals surface area contributed by atoms with Crippen LogP contribution in [0.25, 0.3) is 16.8 Å². The third-order valence-electron chi connectivity index (χ3n) is 7.34. The van der Waals surface area contributed by atoms with Gasteiger partial charge in [0, 0.05) is 36.5 Å². The first-order valence-electron chi connectivity index (χ1n) is 12.2. The van der Waals surface area contributed by atoms with Gasteiger partial charge in [-0.2, -0.15) is 5.10 Å². The molecule has 7 heteroatoms. The highest BCUT2D eigenvalue weighted by Gasteiger charge is 2.33. The molecule has 1 N–H and O–H groups in total. The monoisotopic (exact) mass is 433 g/mol. The summed E-state index contributed by atoms with van der Waals surface area (Å²) in [6.07, 6.45) is 11.0. The summed E-state index contributed by atoms with van der Waals surface area (Å²) in [6.45, 7) is 8.73. The summed E-state index contributed by atoms with van der Waals surface area (Å²) in [6, 6.07) is 8.04. The van der Waals surface area contributed by atoms with Crippen molar-refractivity contribution < 1.29 is 4.39 Å². The van der Waals surface area contributed by atoms with Gasteiger partial charge in [-0.25, -0.2) is 13.9 Å². The molecule has 3 aromatic rings. The molecule has 2 unspecified atom stereocenters. The maximum Gasteiger partial charge on any atom is 0.165 e. The van der Waals surface area contributed by atoms with Gasteiger partial charge < -0.3 is 10.2 Å². The summed E-state index contributed by atoms with van der Waals surface area (Å²) in [4.78, 5) is 7.52. The van der Waals surface area contributed by atoms with Crippen LogP contribution in [0.5, 0.6) is 0 Å². The molecular formula is C25H33BFN5. The van der Waals surface area contributed by atoms with Crippen LogP contribution in [0.1, 0.15) is 32.3 Å². The summed E-state index contributed by atoms with van der Waals surface area (Å²) in [7, 11) is 0. The Hall–Kier alpha value is -2.41. The standard InChI is InChI=1S/C25H33BFN5/c1-3-19-6-7-23(27)21(13-19)22-16-29-32-12-8-24(30-25(22)32)28-10-9-26-14-18(2)17-31-11-4-5-20(31)15-26/h6-8,12-13,16,18,20H,3-5,9-11,14-15,17H2,1-2H3,(H,28,30). The molecule has 32 heavy (non-hydrogen) atoms. The van der Waals surface area contributed by atoms with Crippen molar-refractivity contribution in [3.8, 4) is 11.1 Å². The first-order valence-corrected chi connectivity index (χ1v) is 12.2. The lowest BCUT2D eigenvalue weighted by Crippen LogP contribution is -2.31. The Morgan fingerprint density at radius 1 is 1.22 bits per heavy atom. The quantitative estimate of drug-likeness (QED) is 0.549. The summed E-state index contributed by atoms with van der Waals surface area (Å²) >= 11 is 0. The molecule has 2 aromatic heterocycles. The van der Waals surface area contributed by atoms with E-state index in [0.29, 0.717) is 11.2 Å². The largest absolute Gasteiger partial charge is 0.371 e. The van der Waals surface area contributed by atoms with Crippen molar-refractivity contribution in [1.82, 2.24) is 19.5 Å². The highest BCUT2D eigenvalue weighted by molar-refractivity contribution is 6.59. The van der Waals surface area contributed by atoms with Crippen LogP contribution in [0.3, 0.4) is 0 Å². The van der Waals surface area contributed by atoms with Gasteiger partial charge >= 0.3 is 0 Å². The zero-order valence-corrected chi connectivity index (χ0v) is 19.2. The van der Waals surface area contributed by atoms with Crippen LogP contribution in [0.4, 0.5) is 10.2 Å². The van der Waals surface area contributed by atoms with Crippen LogP contribution in [0.15, 0.2) is 36.7 Å². The normalized spacial score (nSPS) is 21.7. The van der Waals surface area contributed by atoms with Crippen LogP contribution in [0, 0.1) is 11.7 Å². The molecule has 2 aliphatic heterocycles. The van der Waals surface area contributed by atoms with Gasteiger partial charge in [0.1, 0.15) is 18.3 Å². The van der Waals surface area contributed by atoms with Crippen LogP contribution in [-0.4, -0.2) is 51.9 Å². The van der Waals surface area contributed by atoms with Gasteiger partial charge in [-0.1, -0.05) is 38.9 Å². The number of benzene rings is 1. The molecule has 0 aliphatic carbocycles. The number of nitrogens with zero attached hydrogens (tertiary/aromatic N) is 4. The Bertz CT molecular complexity index is 1080. The van der Waals surface area contributed by atoms with Crippen molar-refractivity contribution >= 4 is 18.2 Å². The molecule has 4 heterocycles. The molecule has 0 bridgehead atoms. The number of nitrogens with one attached hydrogen (secondary N) is 1. The summed E-state index contributed by atoms with van der Waals surface area (Å²) in [5.74, 6) is 1.37. The number of rotatable bonds is 6. The van der Waals surface area contributed by atoms with E-state index in [0.717, 1.165) is 48.6 Å². The van der Waals surface area contributed by atoms with Gasteiger partial charge in [0.05, 0.1) is 6.20 Å². The third kappa shape index (κ3) is 4.40. The van der Waals surface area contributed by atoms with Crippen molar-refractivity contribution in [2.75, 3.05) is 25.0 Å². The van der Waals surface area contributed by atoms with E-state index in [1.54, 1.807) is 16.8 Å². The van der Waals surface area contributed by atoms with Gasteiger partial charge in [0.2, 0.25) is 0 Å². The maximum absolute atomic E-state index is 14.6. The molecular weight excluding hydrogens is 400 g/mol. The van der Waals surface area contributed by atoms with Crippen LogP contribution < -0.4 is 5.32 Å². The average molecular weight is 433 g/mol.